The van der Waals surface area contributed by atoms with E-state index in [4.69, 9.17) is 4.74 Å². The van der Waals surface area contributed by atoms with E-state index in [1.807, 2.05) is 13.8 Å². The minimum atomic E-state index is 0.412. The normalized spacial score (nSPS) is 34.2. The van der Waals surface area contributed by atoms with Crippen LogP contribution in [-0.4, -0.2) is 61.3 Å². The Hall–Kier alpha value is -0.120. The molecule has 2 aliphatic rings. The smallest absolute Gasteiger partial charge is 0.0678 e. The second-order valence-corrected chi connectivity index (χ2v) is 4.59. The minimum absolute atomic E-state index is 0.412. The van der Waals surface area contributed by atoms with Gasteiger partial charge in [0.15, 0.2) is 0 Å². The Kier molecular flexibility index (Phi) is 5.03. The third kappa shape index (κ3) is 3.44. The number of rotatable bonds is 1. The van der Waals surface area contributed by atoms with E-state index in [0.29, 0.717) is 12.2 Å². The molecule has 0 bridgehead atoms. The van der Waals surface area contributed by atoms with Crippen molar-refractivity contribution >= 4 is 0 Å². The van der Waals surface area contributed by atoms with E-state index in [1.54, 1.807) is 0 Å². The van der Waals surface area contributed by atoms with E-state index < -0.39 is 0 Å². The van der Waals surface area contributed by atoms with Gasteiger partial charge in [-0.15, -0.1) is 0 Å². The molecule has 90 valence electrons. The Labute approximate surface area is 94.4 Å². The highest BCUT2D eigenvalue weighted by Gasteiger charge is 2.33. The molecule has 3 heteroatoms. The molecule has 2 fully saturated rings. The van der Waals surface area contributed by atoms with Gasteiger partial charge in [0.2, 0.25) is 0 Å². The molecule has 2 aliphatic heterocycles. The maximum absolute atomic E-state index is 5.71. The van der Waals surface area contributed by atoms with Crippen molar-refractivity contribution in [3.8, 4) is 0 Å². The Bertz CT molecular complexity index is 170. The Balaban J connectivity index is 0.000000531. The molecule has 0 amide bonds. The first-order valence-electron chi connectivity index (χ1n) is 6.23. The van der Waals surface area contributed by atoms with Gasteiger partial charge in [0, 0.05) is 32.2 Å². The molecule has 0 aromatic carbocycles. The van der Waals surface area contributed by atoms with Gasteiger partial charge in [-0.2, -0.15) is 0 Å². The zero-order chi connectivity index (χ0) is 11.4. The first-order chi connectivity index (χ1) is 7.15. The van der Waals surface area contributed by atoms with E-state index in [9.17, 15) is 0 Å². The molecule has 0 radical (unpaired) electrons. The average Bonchev–Trinajstić information content (AvgIpc) is 2.14. The highest BCUT2D eigenvalue weighted by molar-refractivity contribution is 4.89. The van der Waals surface area contributed by atoms with E-state index in [0.717, 1.165) is 19.1 Å². The molecule has 0 spiro atoms. The summed E-state index contributed by atoms with van der Waals surface area (Å²) in [5.41, 5.74) is 0. The molecule has 0 N–H and O–H groups in total. The molecule has 2 heterocycles. The van der Waals surface area contributed by atoms with Crippen LogP contribution in [0.1, 0.15) is 27.7 Å². The van der Waals surface area contributed by atoms with Gasteiger partial charge in [0.05, 0.1) is 12.2 Å². The SMILES string of the molecule is CC.CC1CN(C2CN(C)C2)CC(C)O1. The van der Waals surface area contributed by atoms with Gasteiger partial charge in [-0.25, -0.2) is 0 Å². The summed E-state index contributed by atoms with van der Waals surface area (Å²) in [6.07, 6.45) is 0.823. The highest BCUT2D eigenvalue weighted by Crippen LogP contribution is 2.18. The average molecular weight is 214 g/mol. The van der Waals surface area contributed by atoms with Crippen molar-refractivity contribution in [3.63, 3.8) is 0 Å². The lowest BCUT2D eigenvalue weighted by Crippen LogP contribution is -2.62. The molecule has 2 unspecified atom stereocenters. The van der Waals surface area contributed by atoms with Crippen molar-refractivity contribution < 1.29 is 4.74 Å². The number of hydrogen-bond acceptors (Lipinski definition) is 3. The molecule has 2 saturated heterocycles. The first kappa shape index (κ1) is 12.9. The van der Waals surface area contributed by atoms with E-state index in [1.165, 1.54) is 13.1 Å². The molecule has 0 aromatic heterocycles. The number of ether oxygens (including phenoxy) is 1. The van der Waals surface area contributed by atoms with Crippen molar-refractivity contribution in [2.24, 2.45) is 0 Å². The topological polar surface area (TPSA) is 15.7 Å². The van der Waals surface area contributed by atoms with Crippen LogP contribution in [-0.2, 0) is 4.74 Å². The molecule has 0 aromatic rings. The van der Waals surface area contributed by atoms with Crippen LogP contribution >= 0.6 is 0 Å². The predicted molar refractivity (Wildman–Crippen MR) is 64.2 cm³/mol. The molecular formula is C12H26N2O. The largest absolute Gasteiger partial charge is 0.373 e. The molecule has 0 saturated carbocycles. The number of likely N-dealkylation sites (tertiary alicyclic amines) is 1. The van der Waals surface area contributed by atoms with E-state index in [2.05, 4.69) is 30.7 Å². The summed E-state index contributed by atoms with van der Waals surface area (Å²) >= 11 is 0. The van der Waals surface area contributed by atoms with Gasteiger partial charge in [0.25, 0.3) is 0 Å². The molecular weight excluding hydrogens is 188 g/mol. The molecule has 3 nitrogen and oxygen atoms in total. The standard InChI is InChI=1S/C10H20N2O.C2H6/c1-8-4-12(5-9(2)13-8)10-6-11(3)7-10;1-2/h8-10H,4-7H2,1-3H3;1-2H3. The summed E-state index contributed by atoms with van der Waals surface area (Å²) in [6.45, 7) is 13.0. The lowest BCUT2D eigenvalue weighted by atomic mass is 10.1. The van der Waals surface area contributed by atoms with E-state index in [-0.39, 0.29) is 0 Å². The third-order valence-corrected chi connectivity index (χ3v) is 3.01. The number of hydrogen-bond donors (Lipinski definition) is 0. The van der Waals surface area contributed by atoms with Crippen molar-refractivity contribution in [2.45, 2.75) is 45.9 Å². The number of morpholine rings is 1. The third-order valence-electron chi connectivity index (χ3n) is 3.01. The maximum atomic E-state index is 5.71. The highest BCUT2D eigenvalue weighted by atomic mass is 16.5. The molecule has 15 heavy (non-hydrogen) atoms. The Morgan fingerprint density at radius 1 is 0.933 bits per heavy atom. The van der Waals surface area contributed by atoms with Crippen LogP contribution < -0.4 is 0 Å². The van der Waals surface area contributed by atoms with Gasteiger partial charge < -0.3 is 9.64 Å². The maximum Gasteiger partial charge on any atom is 0.0678 e. The van der Waals surface area contributed by atoms with Crippen molar-refractivity contribution in [3.05, 3.63) is 0 Å². The first-order valence-corrected chi connectivity index (χ1v) is 6.23. The molecule has 2 atom stereocenters. The quantitative estimate of drug-likeness (QED) is 0.657. The molecule has 2 rings (SSSR count). The van der Waals surface area contributed by atoms with Crippen LogP contribution in [0, 0.1) is 0 Å². The lowest BCUT2D eigenvalue weighted by Gasteiger charge is -2.47. The Morgan fingerprint density at radius 2 is 1.40 bits per heavy atom. The fourth-order valence-electron chi connectivity index (χ4n) is 2.41. The van der Waals surface area contributed by atoms with E-state index >= 15 is 0 Å². The van der Waals surface area contributed by atoms with Gasteiger partial charge in [-0.3, -0.25) is 4.90 Å². The zero-order valence-electron chi connectivity index (χ0n) is 10.9. The fourth-order valence-corrected chi connectivity index (χ4v) is 2.41. The summed E-state index contributed by atoms with van der Waals surface area (Å²) < 4.78 is 5.71. The number of nitrogens with zero attached hydrogens (tertiary/aromatic N) is 2. The van der Waals surface area contributed by atoms with Gasteiger partial charge in [-0.05, 0) is 20.9 Å². The predicted octanol–water partition coefficient (Wildman–Crippen LogP) is 1.44. The minimum Gasteiger partial charge on any atom is -0.373 e. The van der Waals surface area contributed by atoms with Gasteiger partial charge in [0.1, 0.15) is 0 Å². The molecule has 0 aliphatic carbocycles. The van der Waals surface area contributed by atoms with Crippen molar-refractivity contribution in [2.75, 3.05) is 33.2 Å². The summed E-state index contributed by atoms with van der Waals surface area (Å²) in [4.78, 5) is 4.95. The Morgan fingerprint density at radius 3 is 1.80 bits per heavy atom. The second-order valence-electron chi connectivity index (χ2n) is 4.59. The fraction of sp³-hybridized carbons (Fsp3) is 1.00. The summed E-state index contributed by atoms with van der Waals surface area (Å²) in [7, 11) is 2.18. The van der Waals surface area contributed by atoms with Crippen LogP contribution in [0.25, 0.3) is 0 Å². The second kappa shape index (κ2) is 5.83. The monoisotopic (exact) mass is 214 g/mol. The number of likely N-dealkylation sites (N-methyl/N-ethyl adjacent to an activating group) is 1. The summed E-state index contributed by atoms with van der Waals surface area (Å²) in [5, 5.41) is 0. The zero-order valence-corrected chi connectivity index (χ0v) is 10.9. The van der Waals surface area contributed by atoms with Crippen LogP contribution in [0.3, 0.4) is 0 Å². The van der Waals surface area contributed by atoms with Crippen molar-refractivity contribution in [1.29, 1.82) is 0 Å². The summed E-state index contributed by atoms with van der Waals surface area (Å²) in [6, 6.07) is 0.791. The van der Waals surface area contributed by atoms with Crippen LogP contribution in [0.2, 0.25) is 0 Å². The summed E-state index contributed by atoms with van der Waals surface area (Å²) in [5.74, 6) is 0. The van der Waals surface area contributed by atoms with Crippen LogP contribution in [0.15, 0.2) is 0 Å². The van der Waals surface area contributed by atoms with Crippen LogP contribution in [0.5, 0.6) is 0 Å². The van der Waals surface area contributed by atoms with Crippen molar-refractivity contribution in [1.82, 2.24) is 9.80 Å². The van der Waals surface area contributed by atoms with Gasteiger partial charge in [-0.1, -0.05) is 13.8 Å². The lowest BCUT2D eigenvalue weighted by molar-refractivity contribution is -0.0984. The van der Waals surface area contributed by atoms with Crippen LogP contribution in [0.4, 0.5) is 0 Å². The van der Waals surface area contributed by atoms with Gasteiger partial charge >= 0.3 is 0 Å².